The summed E-state index contributed by atoms with van der Waals surface area (Å²) >= 11 is 0. The molecule has 14 nitrogen and oxygen atoms in total. The lowest BCUT2D eigenvalue weighted by molar-refractivity contribution is 0.182. The highest BCUT2D eigenvalue weighted by Crippen LogP contribution is 2.27. The lowest BCUT2D eigenvalue weighted by Gasteiger charge is -2.23. The van der Waals surface area contributed by atoms with E-state index in [0.29, 0.717) is 54.5 Å². The number of hydrogen-bond acceptors (Lipinski definition) is 10. The zero-order valence-electron chi connectivity index (χ0n) is 28.4. The average molecular weight is 655 g/mol. The fourth-order valence-corrected chi connectivity index (χ4v) is 5.14. The van der Waals surface area contributed by atoms with Crippen molar-refractivity contribution in [1.29, 1.82) is 0 Å². The molecule has 0 radical (unpaired) electrons. The van der Waals surface area contributed by atoms with Crippen molar-refractivity contribution < 1.29 is 9.47 Å². The molecule has 6 rings (SSSR count). The number of anilines is 4. The van der Waals surface area contributed by atoms with Crippen molar-refractivity contribution in [2.75, 3.05) is 38.1 Å². The molecule has 48 heavy (non-hydrogen) atoms. The van der Waals surface area contributed by atoms with E-state index in [0.717, 1.165) is 28.0 Å². The van der Waals surface area contributed by atoms with Crippen LogP contribution in [0.4, 0.5) is 23.3 Å². The molecular weight excluding hydrogens is 612 g/mol. The topological polar surface area (TPSA) is 159 Å². The van der Waals surface area contributed by atoms with E-state index in [2.05, 4.69) is 56.9 Å². The molecule has 0 atom stereocenters. The number of hydrogen-bond donors (Lipinski definition) is 3. The van der Waals surface area contributed by atoms with E-state index in [9.17, 15) is 9.59 Å². The molecule has 0 saturated heterocycles. The minimum atomic E-state index is -0.184. The quantitative estimate of drug-likeness (QED) is 0.186. The molecule has 4 aromatic heterocycles. The maximum absolute atomic E-state index is 12.7. The number of aryl methyl sites for hydroxylation is 2. The second-order valence-corrected chi connectivity index (χ2v) is 12.3. The van der Waals surface area contributed by atoms with Gasteiger partial charge in [0.15, 0.2) is 17.5 Å². The van der Waals surface area contributed by atoms with Gasteiger partial charge >= 0.3 is 0 Å². The number of benzene rings is 2. The van der Waals surface area contributed by atoms with E-state index in [1.54, 1.807) is 20.3 Å². The van der Waals surface area contributed by atoms with Crippen molar-refractivity contribution in [2.45, 2.75) is 53.2 Å². The molecule has 6 aromatic rings. The number of nitrogens with one attached hydrogen (secondary N) is 3. The molecule has 0 saturated carbocycles. The number of H-pyrrole nitrogens is 1. The SMILES string of the molecule is COCCn1nc(Nc2cc(C)[nH]n2)c2ccccc2c1=O.COCCn1nc(Nc2cc(C)nn2C(C)(C)C)c2ccccc2c1=O. The molecule has 2 aromatic carbocycles. The standard InChI is InChI=1S/C19H25N5O2.C15H17N5O2/c1-13-12-16(24(21-13)19(2,3)4)20-17-14-8-6-7-9-15(14)18(25)23(22-17)10-11-26-5;1-10-9-13(18-17-10)16-14-11-5-3-4-6-12(11)15(21)20(19-14)7-8-22-2/h6-9,12H,10-11H2,1-5H3,(H,20,22);3-6,9H,7-8H2,1-2H3,(H2,16,17,18,19). The van der Waals surface area contributed by atoms with Crippen LogP contribution >= 0.6 is 0 Å². The second-order valence-electron chi connectivity index (χ2n) is 12.3. The van der Waals surface area contributed by atoms with Gasteiger partial charge in [0.25, 0.3) is 11.1 Å². The minimum absolute atomic E-state index is 0.122. The van der Waals surface area contributed by atoms with Gasteiger partial charge in [-0.15, -0.1) is 0 Å². The highest BCUT2D eigenvalue weighted by atomic mass is 16.5. The lowest BCUT2D eigenvalue weighted by Crippen LogP contribution is -2.27. The van der Waals surface area contributed by atoms with Gasteiger partial charge in [-0.1, -0.05) is 36.4 Å². The zero-order chi connectivity index (χ0) is 34.4. The molecule has 0 bridgehead atoms. The van der Waals surface area contributed by atoms with Crippen LogP contribution in [-0.2, 0) is 28.1 Å². The first-order valence-electron chi connectivity index (χ1n) is 15.6. The van der Waals surface area contributed by atoms with Crippen LogP contribution in [0.5, 0.6) is 0 Å². The Bertz CT molecular complexity index is 2140. The minimum Gasteiger partial charge on any atom is -0.383 e. The normalized spacial score (nSPS) is 11.5. The molecule has 4 heterocycles. The summed E-state index contributed by atoms with van der Waals surface area (Å²) in [5, 5.41) is 29.9. The van der Waals surface area contributed by atoms with Gasteiger partial charge in [-0.05, 0) is 46.8 Å². The van der Waals surface area contributed by atoms with Gasteiger partial charge in [-0.25, -0.2) is 14.0 Å². The van der Waals surface area contributed by atoms with E-state index in [1.165, 1.54) is 9.36 Å². The van der Waals surface area contributed by atoms with Crippen molar-refractivity contribution in [2.24, 2.45) is 0 Å². The number of nitrogens with zero attached hydrogens (tertiary/aromatic N) is 7. The fourth-order valence-electron chi connectivity index (χ4n) is 5.14. The highest BCUT2D eigenvalue weighted by Gasteiger charge is 2.20. The van der Waals surface area contributed by atoms with Crippen LogP contribution in [-0.4, -0.2) is 67.0 Å². The molecule has 0 fully saturated rings. The van der Waals surface area contributed by atoms with Crippen LogP contribution in [0.2, 0.25) is 0 Å². The molecular formula is C34H42N10O4. The Kier molecular flexibility index (Phi) is 10.4. The van der Waals surface area contributed by atoms with E-state index < -0.39 is 0 Å². The zero-order valence-corrected chi connectivity index (χ0v) is 28.4. The van der Waals surface area contributed by atoms with Crippen LogP contribution in [0.3, 0.4) is 0 Å². The first-order chi connectivity index (χ1) is 23.0. The molecule has 0 unspecified atom stereocenters. The van der Waals surface area contributed by atoms with E-state index in [1.807, 2.05) is 73.1 Å². The summed E-state index contributed by atoms with van der Waals surface area (Å²) in [5.41, 5.74) is 1.43. The third-order valence-corrected chi connectivity index (χ3v) is 7.42. The molecule has 252 valence electrons. The molecule has 0 aliphatic heterocycles. The Morgan fingerprint density at radius 1 is 0.729 bits per heavy atom. The van der Waals surface area contributed by atoms with Crippen LogP contribution < -0.4 is 21.8 Å². The fraction of sp³-hybridized carbons (Fsp3) is 0.353. The van der Waals surface area contributed by atoms with Gasteiger partial charge in [-0.3, -0.25) is 14.7 Å². The Hall–Kier alpha value is -5.34. The highest BCUT2D eigenvalue weighted by molar-refractivity contribution is 5.93. The van der Waals surface area contributed by atoms with Crippen molar-refractivity contribution in [3.63, 3.8) is 0 Å². The lowest BCUT2D eigenvalue weighted by atomic mass is 10.1. The summed E-state index contributed by atoms with van der Waals surface area (Å²) in [6.07, 6.45) is 0. The first kappa shape index (κ1) is 34.0. The van der Waals surface area contributed by atoms with Gasteiger partial charge in [0.2, 0.25) is 0 Å². The molecule has 0 spiro atoms. The summed E-state index contributed by atoms with van der Waals surface area (Å²) in [6.45, 7) is 11.8. The summed E-state index contributed by atoms with van der Waals surface area (Å²) < 4.78 is 14.9. The molecule has 0 amide bonds. The van der Waals surface area contributed by atoms with Crippen LogP contribution in [0.15, 0.2) is 70.3 Å². The van der Waals surface area contributed by atoms with Crippen LogP contribution in [0.1, 0.15) is 32.2 Å². The maximum atomic E-state index is 12.7. The number of fused-ring (bicyclic) bond motifs is 2. The Morgan fingerprint density at radius 3 is 1.69 bits per heavy atom. The van der Waals surface area contributed by atoms with Crippen molar-refractivity contribution in [3.05, 3.63) is 92.8 Å². The maximum Gasteiger partial charge on any atom is 0.274 e. The van der Waals surface area contributed by atoms with Gasteiger partial charge in [-0.2, -0.15) is 20.4 Å². The number of aromatic nitrogens is 8. The van der Waals surface area contributed by atoms with Crippen molar-refractivity contribution >= 4 is 44.8 Å². The summed E-state index contributed by atoms with van der Waals surface area (Å²) in [6, 6.07) is 18.7. The summed E-state index contributed by atoms with van der Waals surface area (Å²) in [4.78, 5) is 25.1. The van der Waals surface area contributed by atoms with Gasteiger partial charge in [0.1, 0.15) is 5.82 Å². The Balaban J connectivity index is 0.000000190. The predicted octanol–water partition coefficient (Wildman–Crippen LogP) is 4.86. The number of methoxy groups -OCH3 is 2. The monoisotopic (exact) mass is 654 g/mol. The van der Waals surface area contributed by atoms with Crippen molar-refractivity contribution in [1.82, 2.24) is 39.5 Å². The van der Waals surface area contributed by atoms with E-state index in [-0.39, 0.29) is 16.7 Å². The third-order valence-electron chi connectivity index (χ3n) is 7.42. The summed E-state index contributed by atoms with van der Waals surface area (Å²) in [7, 11) is 3.20. The molecule has 3 N–H and O–H groups in total. The Morgan fingerprint density at radius 2 is 1.23 bits per heavy atom. The van der Waals surface area contributed by atoms with Crippen LogP contribution in [0.25, 0.3) is 21.5 Å². The van der Waals surface area contributed by atoms with Crippen LogP contribution in [0, 0.1) is 13.8 Å². The van der Waals surface area contributed by atoms with E-state index >= 15 is 0 Å². The first-order valence-corrected chi connectivity index (χ1v) is 15.6. The Labute approximate surface area is 277 Å². The molecule has 14 heteroatoms. The third kappa shape index (κ3) is 7.61. The molecule has 0 aliphatic rings. The van der Waals surface area contributed by atoms with E-state index in [4.69, 9.17) is 9.47 Å². The average Bonchev–Trinajstić information content (AvgIpc) is 3.66. The van der Waals surface area contributed by atoms with Gasteiger partial charge in [0, 0.05) is 42.8 Å². The van der Waals surface area contributed by atoms with Gasteiger partial charge in [0.05, 0.1) is 48.3 Å². The number of ether oxygens (including phenoxy) is 2. The largest absolute Gasteiger partial charge is 0.383 e. The van der Waals surface area contributed by atoms with Gasteiger partial charge < -0.3 is 20.1 Å². The van der Waals surface area contributed by atoms with Crippen molar-refractivity contribution in [3.8, 4) is 0 Å². The number of rotatable bonds is 10. The smallest absolute Gasteiger partial charge is 0.274 e. The second kappa shape index (κ2) is 14.6. The molecule has 0 aliphatic carbocycles. The number of aromatic amines is 1. The predicted molar refractivity (Wildman–Crippen MR) is 188 cm³/mol. The summed E-state index contributed by atoms with van der Waals surface area (Å²) in [5.74, 6) is 2.72.